The molecule has 5 heteroatoms. The van der Waals surface area contributed by atoms with Crippen LogP contribution in [0.1, 0.15) is 26.3 Å². The normalized spacial score (nSPS) is 11.7. The molecule has 0 saturated carbocycles. The van der Waals surface area contributed by atoms with E-state index in [0.717, 1.165) is 5.56 Å². The molecule has 0 bridgehead atoms. The summed E-state index contributed by atoms with van der Waals surface area (Å²) in [4.78, 5) is 0. The van der Waals surface area contributed by atoms with Crippen LogP contribution in [0.2, 0.25) is 0 Å². The van der Waals surface area contributed by atoms with Gasteiger partial charge in [-0.1, -0.05) is 64.1 Å². The first kappa shape index (κ1) is 13.0. The minimum absolute atomic E-state index is 0.183. The third kappa shape index (κ3) is 2.22. The summed E-state index contributed by atoms with van der Waals surface area (Å²) in [5.74, 6) is 0. The van der Waals surface area contributed by atoms with E-state index in [4.69, 9.17) is 31.4 Å². The van der Waals surface area contributed by atoms with Crippen molar-refractivity contribution in [2.45, 2.75) is 26.2 Å². The molecular formula is C10H9B4Br. The van der Waals surface area contributed by atoms with Gasteiger partial charge in [0, 0.05) is 4.47 Å². The third-order valence-electron chi connectivity index (χ3n) is 2.34. The van der Waals surface area contributed by atoms with Crippen LogP contribution in [0.25, 0.3) is 0 Å². The zero-order chi connectivity index (χ0) is 12.0. The number of rotatable bonds is 0. The van der Waals surface area contributed by atoms with E-state index in [0.29, 0.717) is 26.3 Å². The van der Waals surface area contributed by atoms with Crippen LogP contribution in [-0.2, 0) is 5.41 Å². The fraction of sp³-hybridized carbons (Fsp3) is 0.400. The Hall–Kier alpha value is -0.0403. The van der Waals surface area contributed by atoms with Gasteiger partial charge in [-0.3, -0.25) is 0 Å². The molecule has 0 atom stereocenters. The standard InChI is InChI=1S/C10H9B4Br/c1-10(2,3)4-5(11)7(13)9(15)8(14)6(4)12/h1-3H3. The monoisotopic (exact) mass is 252 g/mol. The largest absolute Gasteiger partial charge is 0.114 e. The average Bonchev–Trinajstić information content (AvgIpc) is 2.09. The molecule has 0 aliphatic carbocycles. The number of hydrogen-bond acceptors (Lipinski definition) is 0. The Morgan fingerprint density at radius 3 is 1.40 bits per heavy atom. The zero-order valence-electron chi connectivity index (χ0n) is 9.19. The SMILES string of the molecule is [B]c1c([B])c(C(C)(C)C)c([B])c([B])c1Br. The van der Waals surface area contributed by atoms with Gasteiger partial charge in [0.25, 0.3) is 0 Å². The molecule has 0 aliphatic rings. The molecule has 0 heterocycles. The highest BCUT2D eigenvalue weighted by atomic mass is 79.9. The van der Waals surface area contributed by atoms with E-state index >= 15 is 0 Å². The van der Waals surface area contributed by atoms with Crippen molar-refractivity contribution < 1.29 is 0 Å². The summed E-state index contributed by atoms with van der Waals surface area (Å²) in [5.41, 5.74) is 2.53. The minimum atomic E-state index is -0.183. The molecule has 0 unspecified atom stereocenters. The summed E-state index contributed by atoms with van der Waals surface area (Å²) in [6.07, 6.45) is 0. The van der Waals surface area contributed by atoms with Gasteiger partial charge in [-0.05, 0) is 5.41 Å². The van der Waals surface area contributed by atoms with Crippen molar-refractivity contribution in [3.8, 4) is 0 Å². The summed E-state index contributed by atoms with van der Waals surface area (Å²) < 4.78 is 0.575. The molecule has 0 saturated heterocycles. The van der Waals surface area contributed by atoms with Crippen molar-refractivity contribution in [2.24, 2.45) is 0 Å². The van der Waals surface area contributed by atoms with E-state index in [1.54, 1.807) is 0 Å². The minimum Gasteiger partial charge on any atom is -0.0994 e. The number of hydrogen-bond donors (Lipinski definition) is 0. The van der Waals surface area contributed by atoms with Crippen molar-refractivity contribution in [2.75, 3.05) is 0 Å². The molecule has 15 heavy (non-hydrogen) atoms. The molecule has 0 fully saturated rings. The van der Waals surface area contributed by atoms with E-state index < -0.39 is 0 Å². The van der Waals surface area contributed by atoms with E-state index in [1.807, 2.05) is 20.8 Å². The van der Waals surface area contributed by atoms with Crippen molar-refractivity contribution >= 4 is 69.2 Å². The topological polar surface area (TPSA) is 0 Å². The Bertz CT molecular complexity index is 378. The quantitative estimate of drug-likeness (QED) is 0.515. The average molecular weight is 252 g/mol. The molecule has 0 spiro atoms. The highest BCUT2D eigenvalue weighted by Gasteiger charge is 2.21. The fourth-order valence-corrected chi connectivity index (χ4v) is 2.03. The van der Waals surface area contributed by atoms with Crippen LogP contribution in [-0.4, -0.2) is 31.4 Å². The highest BCUT2D eigenvalue weighted by Crippen LogP contribution is 2.17. The molecule has 0 N–H and O–H groups in total. The molecule has 0 aliphatic heterocycles. The summed E-state index contributed by atoms with van der Waals surface area (Å²) in [6, 6.07) is 0. The van der Waals surface area contributed by atoms with Gasteiger partial charge in [-0.2, -0.15) is 0 Å². The first-order valence-corrected chi connectivity index (χ1v) is 5.39. The molecule has 0 nitrogen and oxygen atoms in total. The molecule has 68 valence electrons. The van der Waals surface area contributed by atoms with Crippen LogP contribution in [0.15, 0.2) is 4.47 Å². The van der Waals surface area contributed by atoms with Gasteiger partial charge < -0.3 is 0 Å². The van der Waals surface area contributed by atoms with E-state index in [2.05, 4.69) is 15.9 Å². The predicted octanol–water partition coefficient (Wildman–Crippen LogP) is -1.08. The maximum Gasteiger partial charge on any atom is 0.114 e. The maximum atomic E-state index is 5.95. The number of halogens is 1. The Labute approximate surface area is 105 Å². The fourth-order valence-electron chi connectivity index (χ4n) is 1.60. The Morgan fingerprint density at radius 1 is 0.800 bits per heavy atom. The maximum absolute atomic E-state index is 5.95. The summed E-state index contributed by atoms with van der Waals surface area (Å²) >= 11 is 3.27. The molecule has 0 aromatic heterocycles. The summed E-state index contributed by atoms with van der Waals surface area (Å²) in [7, 11) is 23.6. The lowest BCUT2D eigenvalue weighted by atomic mass is 9.62. The van der Waals surface area contributed by atoms with Crippen LogP contribution in [0, 0.1) is 0 Å². The molecule has 0 amide bonds. The van der Waals surface area contributed by atoms with Crippen molar-refractivity contribution in [1.29, 1.82) is 0 Å². The lowest BCUT2D eigenvalue weighted by Crippen LogP contribution is -2.48. The first-order valence-electron chi connectivity index (χ1n) is 4.59. The Balaban J connectivity index is 3.68. The van der Waals surface area contributed by atoms with Crippen LogP contribution in [0.4, 0.5) is 0 Å². The van der Waals surface area contributed by atoms with Crippen LogP contribution in [0.5, 0.6) is 0 Å². The van der Waals surface area contributed by atoms with Gasteiger partial charge >= 0.3 is 0 Å². The Morgan fingerprint density at radius 2 is 1.13 bits per heavy atom. The first-order chi connectivity index (χ1) is 6.68. The lowest BCUT2D eigenvalue weighted by Gasteiger charge is -2.29. The second kappa shape index (κ2) is 4.08. The third-order valence-corrected chi connectivity index (χ3v) is 3.20. The van der Waals surface area contributed by atoms with Crippen molar-refractivity contribution in [1.82, 2.24) is 0 Å². The molecule has 1 aromatic carbocycles. The van der Waals surface area contributed by atoms with E-state index in [9.17, 15) is 0 Å². The van der Waals surface area contributed by atoms with Crippen molar-refractivity contribution in [3.05, 3.63) is 10.0 Å². The summed E-state index contributed by atoms with van der Waals surface area (Å²) in [6.45, 7) is 6.05. The van der Waals surface area contributed by atoms with Crippen molar-refractivity contribution in [3.63, 3.8) is 0 Å². The smallest absolute Gasteiger partial charge is 0.0994 e. The zero-order valence-corrected chi connectivity index (χ0v) is 10.8. The van der Waals surface area contributed by atoms with Crippen LogP contribution in [0.3, 0.4) is 0 Å². The van der Waals surface area contributed by atoms with E-state index in [1.165, 1.54) is 0 Å². The van der Waals surface area contributed by atoms with Gasteiger partial charge in [0.2, 0.25) is 0 Å². The van der Waals surface area contributed by atoms with Gasteiger partial charge in [0.15, 0.2) is 0 Å². The van der Waals surface area contributed by atoms with Crippen LogP contribution < -0.4 is 21.9 Å². The second-order valence-corrected chi connectivity index (χ2v) is 5.39. The second-order valence-electron chi connectivity index (χ2n) is 4.59. The van der Waals surface area contributed by atoms with Gasteiger partial charge in [-0.15, -0.1) is 0 Å². The highest BCUT2D eigenvalue weighted by molar-refractivity contribution is 9.10. The van der Waals surface area contributed by atoms with Gasteiger partial charge in [0.1, 0.15) is 31.4 Å². The molecule has 1 rings (SSSR count). The lowest BCUT2D eigenvalue weighted by molar-refractivity contribution is 0.598. The molecule has 8 radical (unpaired) electrons. The summed E-state index contributed by atoms with van der Waals surface area (Å²) in [5, 5.41) is 0. The number of benzene rings is 1. The van der Waals surface area contributed by atoms with E-state index in [-0.39, 0.29) is 5.41 Å². The van der Waals surface area contributed by atoms with Gasteiger partial charge in [0.05, 0.1) is 0 Å². The Kier molecular flexibility index (Phi) is 3.55. The van der Waals surface area contributed by atoms with Crippen LogP contribution >= 0.6 is 15.9 Å². The molecular weight excluding hydrogens is 243 g/mol. The molecule has 1 aromatic rings. The predicted molar refractivity (Wildman–Crippen MR) is 74.4 cm³/mol. The van der Waals surface area contributed by atoms with Gasteiger partial charge in [-0.25, -0.2) is 0 Å².